The molecule has 122 valence electrons. The zero-order valence-electron chi connectivity index (χ0n) is 13.4. The van der Waals surface area contributed by atoms with Crippen molar-refractivity contribution in [2.45, 2.75) is 19.9 Å². The third kappa shape index (κ3) is 5.36. The Hall–Kier alpha value is -2.43. The fourth-order valence-corrected chi connectivity index (χ4v) is 2.26. The lowest BCUT2D eigenvalue weighted by atomic mass is 10.1. The van der Waals surface area contributed by atoms with Crippen molar-refractivity contribution >= 4 is 5.96 Å². The summed E-state index contributed by atoms with van der Waals surface area (Å²) in [4.78, 5) is 4.15. The number of guanidine groups is 1. The van der Waals surface area contributed by atoms with Gasteiger partial charge >= 0.3 is 0 Å². The highest BCUT2D eigenvalue weighted by molar-refractivity contribution is 5.79. The Kier molecular flexibility index (Phi) is 6.09. The highest BCUT2D eigenvalue weighted by atomic mass is 19.1. The van der Waals surface area contributed by atoms with Gasteiger partial charge in [-0.2, -0.15) is 0 Å². The lowest BCUT2D eigenvalue weighted by molar-refractivity contribution is 0.625. The zero-order chi connectivity index (χ0) is 16.7. The summed E-state index contributed by atoms with van der Waals surface area (Å²) in [5, 5.41) is 6.38. The molecule has 0 spiro atoms. The van der Waals surface area contributed by atoms with Crippen molar-refractivity contribution in [2.24, 2.45) is 4.99 Å². The molecule has 0 radical (unpaired) electrons. The lowest BCUT2D eigenvalue weighted by Crippen LogP contribution is -2.37. The summed E-state index contributed by atoms with van der Waals surface area (Å²) in [6, 6.07) is 11.2. The maximum absolute atomic E-state index is 13.1. The second-order valence-electron chi connectivity index (χ2n) is 5.30. The van der Waals surface area contributed by atoms with Crippen LogP contribution in [0, 0.1) is 18.6 Å². The van der Waals surface area contributed by atoms with E-state index in [-0.39, 0.29) is 11.6 Å². The molecule has 0 unspecified atom stereocenters. The standard InChI is InChI=1S/C18H21F2N3/c1-13-11-17(20)8-5-15(13)9-10-22-18(21-2)23-12-14-3-6-16(19)7-4-14/h3-8,11H,9-10,12H2,1-2H3,(H2,21,22,23). The first-order valence-corrected chi connectivity index (χ1v) is 7.52. The number of nitrogens with one attached hydrogen (secondary N) is 2. The van der Waals surface area contributed by atoms with Crippen LogP contribution in [-0.2, 0) is 13.0 Å². The molecule has 0 amide bonds. The maximum Gasteiger partial charge on any atom is 0.191 e. The van der Waals surface area contributed by atoms with Crippen LogP contribution >= 0.6 is 0 Å². The van der Waals surface area contributed by atoms with Gasteiger partial charge in [-0.15, -0.1) is 0 Å². The highest BCUT2D eigenvalue weighted by Crippen LogP contribution is 2.10. The molecule has 5 heteroatoms. The minimum atomic E-state index is -0.245. The summed E-state index contributed by atoms with van der Waals surface area (Å²) in [6.45, 7) is 3.16. The van der Waals surface area contributed by atoms with E-state index in [9.17, 15) is 8.78 Å². The van der Waals surface area contributed by atoms with Gasteiger partial charge in [0.05, 0.1) is 0 Å². The van der Waals surface area contributed by atoms with Gasteiger partial charge in [-0.25, -0.2) is 8.78 Å². The average molecular weight is 317 g/mol. The minimum absolute atomic E-state index is 0.212. The number of aliphatic imine (C=N–C) groups is 1. The normalized spacial score (nSPS) is 11.4. The number of nitrogens with zero attached hydrogens (tertiary/aromatic N) is 1. The molecule has 0 atom stereocenters. The van der Waals surface area contributed by atoms with Crippen molar-refractivity contribution in [1.29, 1.82) is 0 Å². The van der Waals surface area contributed by atoms with Gasteiger partial charge in [0.1, 0.15) is 11.6 Å². The lowest BCUT2D eigenvalue weighted by Gasteiger charge is -2.13. The van der Waals surface area contributed by atoms with E-state index in [4.69, 9.17) is 0 Å². The number of aryl methyl sites for hydroxylation is 1. The summed E-state index contributed by atoms with van der Waals surface area (Å²) in [5.41, 5.74) is 3.03. The molecule has 23 heavy (non-hydrogen) atoms. The second kappa shape index (κ2) is 8.27. The van der Waals surface area contributed by atoms with Crippen LogP contribution in [0.5, 0.6) is 0 Å². The fraction of sp³-hybridized carbons (Fsp3) is 0.278. The third-order valence-electron chi connectivity index (χ3n) is 3.59. The zero-order valence-corrected chi connectivity index (χ0v) is 13.4. The van der Waals surface area contributed by atoms with Gasteiger partial charge in [0.2, 0.25) is 0 Å². The Balaban J connectivity index is 1.80. The van der Waals surface area contributed by atoms with Crippen LogP contribution in [-0.4, -0.2) is 19.6 Å². The minimum Gasteiger partial charge on any atom is -0.356 e. The van der Waals surface area contributed by atoms with Crippen molar-refractivity contribution in [3.63, 3.8) is 0 Å². The summed E-state index contributed by atoms with van der Waals surface area (Å²) in [5.74, 6) is 0.219. The Morgan fingerprint density at radius 3 is 2.35 bits per heavy atom. The Bertz CT molecular complexity index is 666. The molecule has 2 rings (SSSR count). The molecular formula is C18H21F2N3. The number of benzene rings is 2. The van der Waals surface area contributed by atoms with Crippen molar-refractivity contribution < 1.29 is 8.78 Å². The van der Waals surface area contributed by atoms with Gasteiger partial charge in [-0.3, -0.25) is 4.99 Å². The Morgan fingerprint density at radius 1 is 1.00 bits per heavy atom. The van der Waals surface area contributed by atoms with Crippen molar-refractivity contribution in [1.82, 2.24) is 10.6 Å². The molecule has 0 aromatic heterocycles. The summed E-state index contributed by atoms with van der Waals surface area (Å²) < 4.78 is 25.9. The van der Waals surface area contributed by atoms with Gasteiger partial charge in [-0.1, -0.05) is 18.2 Å². The van der Waals surface area contributed by atoms with Crippen LogP contribution in [0.2, 0.25) is 0 Å². The van der Waals surface area contributed by atoms with Crippen LogP contribution in [0.4, 0.5) is 8.78 Å². The van der Waals surface area contributed by atoms with Gasteiger partial charge in [0.25, 0.3) is 0 Å². The molecule has 0 aliphatic rings. The summed E-state index contributed by atoms with van der Waals surface area (Å²) in [6.07, 6.45) is 0.781. The molecule has 2 aromatic rings. The second-order valence-corrected chi connectivity index (χ2v) is 5.30. The molecule has 2 aromatic carbocycles. The largest absolute Gasteiger partial charge is 0.356 e. The number of hydrogen-bond donors (Lipinski definition) is 2. The number of halogens is 2. The van der Waals surface area contributed by atoms with Crippen molar-refractivity contribution in [3.8, 4) is 0 Å². The molecule has 0 saturated heterocycles. The Morgan fingerprint density at radius 2 is 1.70 bits per heavy atom. The fourth-order valence-electron chi connectivity index (χ4n) is 2.26. The van der Waals surface area contributed by atoms with E-state index in [1.54, 1.807) is 25.2 Å². The van der Waals surface area contributed by atoms with Gasteiger partial charge < -0.3 is 10.6 Å². The van der Waals surface area contributed by atoms with Crippen LogP contribution in [0.3, 0.4) is 0 Å². The molecule has 0 bridgehead atoms. The number of rotatable bonds is 5. The third-order valence-corrected chi connectivity index (χ3v) is 3.59. The molecule has 0 fully saturated rings. The molecule has 0 aliphatic carbocycles. The summed E-state index contributed by atoms with van der Waals surface area (Å²) in [7, 11) is 1.70. The van der Waals surface area contributed by atoms with E-state index in [0.717, 1.165) is 23.1 Å². The SMILES string of the molecule is CN=C(NCCc1ccc(F)cc1C)NCc1ccc(F)cc1. The quantitative estimate of drug-likeness (QED) is 0.656. The first-order chi connectivity index (χ1) is 11.1. The first-order valence-electron chi connectivity index (χ1n) is 7.52. The highest BCUT2D eigenvalue weighted by Gasteiger charge is 2.02. The van der Waals surface area contributed by atoms with Gasteiger partial charge in [0, 0.05) is 20.1 Å². The van der Waals surface area contributed by atoms with E-state index >= 15 is 0 Å². The smallest absolute Gasteiger partial charge is 0.191 e. The monoisotopic (exact) mass is 317 g/mol. The van der Waals surface area contributed by atoms with Gasteiger partial charge in [0.15, 0.2) is 5.96 Å². The van der Waals surface area contributed by atoms with E-state index in [1.807, 2.05) is 6.92 Å². The molecule has 3 nitrogen and oxygen atoms in total. The summed E-state index contributed by atoms with van der Waals surface area (Å²) >= 11 is 0. The van der Waals surface area contributed by atoms with Crippen LogP contribution in [0.15, 0.2) is 47.5 Å². The molecular weight excluding hydrogens is 296 g/mol. The van der Waals surface area contributed by atoms with Crippen LogP contribution in [0.1, 0.15) is 16.7 Å². The van der Waals surface area contributed by atoms with Gasteiger partial charge in [-0.05, 0) is 54.3 Å². The predicted molar refractivity (Wildman–Crippen MR) is 89.4 cm³/mol. The Labute approximate surface area is 135 Å². The van der Waals surface area contributed by atoms with E-state index in [0.29, 0.717) is 19.0 Å². The molecule has 2 N–H and O–H groups in total. The van der Waals surface area contributed by atoms with E-state index < -0.39 is 0 Å². The number of hydrogen-bond acceptors (Lipinski definition) is 1. The van der Waals surface area contributed by atoms with Crippen molar-refractivity contribution in [2.75, 3.05) is 13.6 Å². The first kappa shape index (κ1) is 16.9. The topological polar surface area (TPSA) is 36.4 Å². The van der Waals surface area contributed by atoms with E-state index in [1.165, 1.54) is 24.3 Å². The molecule has 0 saturated carbocycles. The van der Waals surface area contributed by atoms with E-state index in [2.05, 4.69) is 15.6 Å². The van der Waals surface area contributed by atoms with Crippen molar-refractivity contribution in [3.05, 3.63) is 70.8 Å². The predicted octanol–water partition coefficient (Wildman–Crippen LogP) is 3.18. The van der Waals surface area contributed by atoms with Crippen LogP contribution < -0.4 is 10.6 Å². The molecule has 0 aliphatic heterocycles. The van der Waals surface area contributed by atoms with Crippen LogP contribution in [0.25, 0.3) is 0 Å². The maximum atomic E-state index is 13.1. The molecule has 0 heterocycles. The average Bonchev–Trinajstić information content (AvgIpc) is 2.54.